The van der Waals surface area contributed by atoms with E-state index in [1.807, 2.05) is 0 Å². The van der Waals surface area contributed by atoms with Gasteiger partial charge in [0.25, 0.3) is 0 Å². The lowest BCUT2D eigenvalue weighted by Gasteiger charge is -2.07. The Morgan fingerprint density at radius 3 is 3.22 bits per heavy atom. The van der Waals surface area contributed by atoms with Crippen LogP contribution in [0.25, 0.3) is 0 Å². The van der Waals surface area contributed by atoms with Gasteiger partial charge in [0.15, 0.2) is 4.34 Å². The van der Waals surface area contributed by atoms with Crippen LogP contribution < -0.4 is 5.32 Å². The second-order valence-electron chi connectivity index (χ2n) is 4.03. The summed E-state index contributed by atoms with van der Waals surface area (Å²) >= 11 is 3.05. The van der Waals surface area contributed by atoms with E-state index in [-0.39, 0.29) is 12.0 Å². The second kappa shape index (κ2) is 7.06. The Kier molecular flexibility index (Phi) is 5.40. The molecule has 2 heterocycles. The first-order valence-electron chi connectivity index (χ1n) is 6.15. The monoisotopic (exact) mass is 287 g/mol. The van der Waals surface area contributed by atoms with E-state index >= 15 is 0 Å². The molecule has 1 aliphatic heterocycles. The normalized spacial score (nSPS) is 19.1. The molecule has 1 N–H and O–H groups in total. The van der Waals surface area contributed by atoms with E-state index in [1.165, 1.54) is 11.3 Å². The van der Waals surface area contributed by atoms with Gasteiger partial charge < -0.3 is 10.1 Å². The van der Waals surface area contributed by atoms with Crippen molar-refractivity contribution in [2.45, 2.75) is 43.1 Å². The maximum atomic E-state index is 11.7. The van der Waals surface area contributed by atoms with Crippen molar-refractivity contribution in [3.63, 3.8) is 0 Å². The molecular weight excluding hydrogens is 270 g/mol. The van der Waals surface area contributed by atoms with Gasteiger partial charge >= 0.3 is 0 Å². The highest BCUT2D eigenvalue weighted by Gasteiger charge is 2.17. The van der Waals surface area contributed by atoms with E-state index in [9.17, 15) is 4.79 Å². The van der Waals surface area contributed by atoms with Crippen molar-refractivity contribution in [2.75, 3.05) is 17.7 Å². The van der Waals surface area contributed by atoms with Gasteiger partial charge in [-0.2, -0.15) is 0 Å². The Bertz CT molecular complexity index is 391. The molecule has 1 aliphatic rings. The third kappa shape index (κ3) is 4.22. The molecule has 1 amide bonds. The molecule has 1 unspecified atom stereocenters. The molecular formula is C11H17N3O2S2. The van der Waals surface area contributed by atoms with Crippen molar-refractivity contribution in [1.82, 2.24) is 10.2 Å². The number of aromatic nitrogens is 2. The predicted octanol–water partition coefficient (Wildman–Crippen LogP) is 2.55. The zero-order valence-electron chi connectivity index (χ0n) is 10.3. The average molecular weight is 287 g/mol. The number of nitrogens with zero attached hydrogens (tertiary/aromatic N) is 2. The van der Waals surface area contributed by atoms with Crippen molar-refractivity contribution in [2.24, 2.45) is 0 Å². The molecule has 1 fully saturated rings. The standard InChI is InChI=1S/C11H17N3O2S2/c1-2-17-11-14-13-10(18-11)12-9(15)6-5-8-4-3-7-16-8/h8H,2-7H2,1H3,(H,12,13,15). The SMILES string of the molecule is CCSc1nnc(NC(=O)CCC2CCCO2)s1. The second-order valence-corrected chi connectivity index (χ2v) is 6.52. The summed E-state index contributed by atoms with van der Waals surface area (Å²) in [6.45, 7) is 2.90. The van der Waals surface area contributed by atoms with E-state index in [1.54, 1.807) is 11.8 Å². The van der Waals surface area contributed by atoms with Gasteiger partial charge in [-0.05, 0) is 25.0 Å². The lowest BCUT2D eigenvalue weighted by molar-refractivity contribution is -0.116. The lowest BCUT2D eigenvalue weighted by atomic mass is 10.1. The van der Waals surface area contributed by atoms with E-state index in [2.05, 4.69) is 22.4 Å². The Morgan fingerprint density at radius 2 is 2.50 bits per heavy atom. The van der Waals surface area contributed by atoms with Crippen molar-refractivity contribution in [3.05, 3.63) is 0 Å². The van der Waals surface area contributed by atoms with Gasteiger partial charge in [0.1, 0.15) is 0 Å². The molecule has 18 heavy (non-hydrogen) atoms. The van der Waals surface area contributed by atoms with Crippen LogP contribution in [-0.4, -0.2) is 34.6 Å². The van der Waals surface area contributed by atoms with Crippen LogP contribution in [0.5, 0.6) is 0 Å². The van der Waals surface area contributed by atoms with Crippen molar-refractivity contribution in [1.29, 1.82) is 0 Å². The van der Waals surface area contributed by atoms with E-state index in [0.717, 1.165) is 36.0 Å². The molecule has 0 aromatic carbocycles. The highest BCUT2D eigenvalue weighted by atomic mass is 32.2. The maximum Gasteiger partial charge on any atom is 0.226 e. The zero-order chi connectivity index (χ0) is 12.8. The molecule has 0 spiro atoms. The summed E-state index contributed by atoms with van der Waals surface area (Å²) in [5.74, 6) is 0.955. The van der Waals surface area contributed by atoms with Crippen LogP contribution >= 0.6 is 23.1 Å². The molecule has 0 aliphatic carbocycles. The van der Waals surface area contributed by atoms with Crippen LogP contribution in [0.1, 0.15) is 32.6 Å². The Hall–Kier alpha value is -0.660. The van der Waals surface area contributed by atoms with Crippen LogP contribution in [-0.2, 0) is 9.53 Å². The highest BCUT2D eigenvalue weighted by Crippen LogP contribution is 2.25. The maximum absolute atomic E-state index is 11.7. The minimum Gasteiger partial charge on any atom is -0.378 e. The molecule has 0 saturated carbocycles. The topological polar surface area (TPSA) is 64.1 Å². The molecule has 1 atom stereocenters. The summed E-state index contributed by atoms with van der Waals surface area (Å²) in [5, 5.41) is 11.3. The molecule has 1 saturated heterocycles. The fourth-order valence-electron chi connectivity index (χ4n) is 1.79. The summed E-state index contributed by atoms with van der Waals surface area (Å²) in [6.07, 6.45) is 3.72. The predicted molar refractivity (Wildman–Crippen MR) is 73.1 cm³/mol. The number of hydrogen-bond acceptors (Lipinski definition) is 6. The first-order valence-corrected chi connectivity index (χ1v) is 7.96. The molecule has 100 valence electrons. The molecule has 5 nitrogen and oxygen atoms in total. The third-order valence-electron chi connectivity index (χ3n) is 2.64. The number of ether oxygens (including phenoxy) is 1. The number of carbonyl (C=O) groups is 1. The first-order chi connectivity index (χ1) is 8.78. The number of hydrogen-bond donors (Lipinski definition) is 1. The van der Waals surface area contributed by atoms with Crippen LogP contribution in [0.4, 0.5) is 5.13 Å². The summed E-state index contributed by atoms with van der Waals surface area (Å²) in [4.78, 5) is 11.7. The number of rotatable bonds is 6. The average Bonchev–Trinajstić information content (AvgIpc) is 2.99. The van der Waals surface area contributed by atoms with Crippen molar-refractivity contribution in [3.8, 4) is 0 Å². The number of thioether (sulfide) groups is 1. The summed E-state index contributed by atoms with van der Waals surface area (Å²) < 4.78 is 6.38. The summed E-state index contributed by atoms with van der Waals surface area (Å²) in [6, 6.07) is 0. The van der Waals surface area contributed by atoms with Crippen LogP contribution in [0.3, 0.4) is 0 Å². The van der Waals surface area contributed by atoms with Crippen LogP contribution in [0, 0.1) is 0 Å². The van der Waals surface area contributed by atoms with E-state index < -0.39 is 0 Å². The molecule has 2 rings (SSSR count). The number of anilines is 1. The van der Waals surface area contributed by atoms with Crippen molar-refractivity contribution >= 4 is 34.1 Å². The smallest absolute Gasteiger partial charge is 0.226 e. The van der Waals surface area contributed by atoms with Gasteiger partial charge in [-0.1, -0.05) is 30.0 Å². The molecule has 7 heteroatoms. The first kappa shape index (κ1) is 13.8. The Balaban J connectivity index is 1.72. The van der Waals surface area contributed by atoms with Gasteiger partial charge in [-0.25, -0.2) is 0 Å². The van der Waals surface area contributed by atoms with Crippen LogP contribution in [0.15, 0.2) is 4.34 Å². The third-order valence-corrected chi connectivity index (χ3v) is 4.49. The van der Waals surface area contributed by atoms with Gasteiger partial charge in [0, 0.05) is 13.0 Å². The minimum atomic E-state index is -0.00491. The molecule has 0 bridgehead atoms. The zero-order valence-corrected chi connectivity index (χ0v) is 12.0. The molecule has 0 radical (unpaired) electrons. The number of carbonyl (C=O) groups excluding carboxylic acids is 1. The minimum absolute atomic E-state index is 0.00491. The highest BCUT2D eigenvalue weighted by molar-refractivity contribution is 8.01. The lowest BCUT2D eigenvalue weighted by Crippen LogP contribution is -2.15. The van der Waals surface area contributed by atoms with Gasteiger partial charge in [-0.3, -0.25) is 4.79 Å². The van der Waals surface area contributed by atoms with Crippen molar-refractivity contribution < 1.29 is 9.53 Å². The van der Waals surface area contributed by atoms with E-state index in [0.29, 0.717) is 11.6 Å². The Morgan fingerprint density at radius 1 is 1.61 bits per heavy atom. The van der Waals surface area contributed by atoms with Gasteiger partial charge in [-0.15, -0.1) is 10.2 Å². The molecule has 1 aromatic rings. The van der Waals surface area contributed by atoms with Gasteiger partial charge in [0.2, 0.25) is 11.0 Å². The largest absolute Gasteiger partial charge is 0.378 e. The summed E-state index contributed by atoms with van der Waals surface area (Å²) in [7, 11) is 0. The number of nitrogens with one attached hydrogen (secondary N) is 1. The van der Waals surface area contributed by atoms with Gasteiger partial charge in [0.05, 0.1) is 6.10 Å². The fraction of sp³-hybridized carbons (Fsp3) is 0.727. The molecule has 1 aromatic heterocycles. The fourth-order valence-corrected chi connectivity index (χ4v) is 3.45. The quantitative estimate of drug-likeness (QED) is 0.643. The number of amides is 1. The van der Waals surface area contributed by atoms with E-state index in [4.69, 9.17) is 4.74 Å². The summed E-state index contributed by atoms with van der Waals surface area (Å²) in [5.41, 5.74) is 0. The Labute approximate surface area is 115 Å². The van der Waals surface area contributed by atoms with Crippen LogP contribution in [0.2, 0.25) is 0 Å².